The fourth-order valence-electron chi connectivity index (χ4n) is 2.26. The molecule has 0 saturated carbocycles. The van der Waals surface area contributed by atoms with E-state index in [1.807, 2.05) is 0 Å². The minimum absolute atomic E-state index is 0.390. The summed E-state index contributed by atoms with van der Waals surface area (Å²) in [7, 11) is 0. The summed E-state index contributed by atoms with van der Waals surface area (Å²) < 4.78 is 17.4. The second-order valence-electron chi connectivity index (χ2n) is 4.31. The predicted octanol–water partition coefficient (Wildman–Crippen LogP) is 2.60. The summed E-state index contributed by atoms with van der Waals surface area (Å²) in [5.41, 5.74) is -0.579. The van der Waals surface area contributed by atoms with Crippen LogP contribution in [0.5, 0.6) is 0 Å². The van der Waals surface area contributed by atoms with E-state index in [2.05, 4.69) is 33.3 Å². The number of nitrogens with one attached hydrogen (secondary N) is 1. The highest BCUT2D eigenvalue weighted by Gasteiger charge is 2.38. The number of halogens is 2. The first kappa shape index (κ1) is 12.0. The van der Waals surface area contributed by atoms with Gasteiger partial charge in [-0.25, -0.2) is 4.39 Å². The van der Waals surface area contributed by atoms with Crippen molar-refractivity contribution >= 4 is 15.9 Å². The molecule has 0 aromatic carbocycles. The highest BCUT2D eigenvalue weighted by molar-refractivity contribution is 9.10. The van der Waals surface area contributed by atoms with Crippen LogP contribution in [0.1, 0.15) is 31.9 Å². The molecule has 1 atom stereocenters. The Hall–Kier alpha value is -0.420. The van der Waals surface area contributed by atoms with E-state index in [1.165, 1.54) is 0 Å². The summed E-state index contributed by atoms with van der Waals surface area (Å²) >= 11 is 3.41. The van der Waals surface area contributed by atoms with Gasteiger partial charge >= 0.3 is 0 Å². The van der Waals surface area contributed by atoms with Gasteiger partial charge in [0, 0.05) is 13.1 Å². The van der Waals surface area contributed by atoms with Crippen LogP contribution in [-0.4, -0.2) is 22.9 Å². The Morgan fingerprint density at radius 1 is 1.69 bits per heavy atom. The summed E-state index contributed by atoms with van der Waals surface area (Å²) in [5, 5.41) is 7.35. The predicted molar refractivity (Wildman–Crippen MR) is 65.1 cm³/mol. The molecule has 16 heavy (non-hydrogen) atoms. The van der Waals surface area contributed by atoms with E-state index in [9.17, 15) is 4.39 Å². The summed E-state index contributed by atoms with van der Waals surface area (Å²) in [6.07, 6.45) is 4.11. The van der Waals surface area contributed by atoms with Crippen molar-refractivity contribution < 1.29 is 4.39 Å². The summed E-state index contributed by atoms with van der Waals surface area (Å²) in [6.45, 7) is 4.14. The Morgan fingerprint density at radius 2 is 2.50 bits per heavy atom. The lowest BCUT2D eigenvalue weighted by molar-refractivity contribution is 0.109. The number of aryl methyl sites for hydroxylation is 1. The van der Waals surface area contributed by atoms with Crippen LogP contribution in [0.25, 0.3) is 0 Å². The summed E-state index contributed by atoms with van der Waals surface area (Å²) in [4.78, 5) is 0. The topological polar surface area (TPSA) is 29.9 Å². The average molecular weight is 290 g/mol. The molecule has 1 saturated heterocycles. The third-order valence-electron chi connectivity index (χ3n) is 2.99. The quantitative estimate of drug-likeness (QED) is 0.927. The Labute approximate surface area is 104 Å². The summed E-state index contributed by atoms with van der Waals surface area (Å²) in [6, 6.07) is 0. The van der Waals surface area contributed by atoms with Gasteiger partial charge in [-0.3, -0.25) is 4.68 Å². The number of piperidine rings is 1. The summed E-state index contributed by atoms with van der Waals surface area (Å²) in [5.74, 6) is 0. The molecule has 2 rings (SSSR count). The monoisotopic (exact) mass is 289 g/mol. The Kier molecular flexibility index (Phi) is 3.64. The molecular formula is C11H17BrFN3. The molecule has 1 N–H and O–H groups in total. The largest absolute Gasteiger partial charge is 0.313 e. The molecule has 0 bridgehead atoms. The number of aromatic nitrogens is 2. The van der Waals surface area contributed by atoms with Crippen molar-refractivity contribution in [2.75, 3.05) is 13.1 Å². The van der Waals surface area contributed by atoms with E-state index in [4.69, 9.17) is 0 Å². The molecule has 0 amide bonds. The highest BCUT2D eigenvalue weighted by Crippen LogP contribution is 2.37. The van der Waals surface area contributed by atoms with Crippen molar-refractivity contribution in [3.8, 4) is 0 Å². The molecular weight excluding hydrogens is 273 g/mol. The van der Waals surface area contributed by atoms with E-state index >= 15 is 0 Å². The fourth-order valence-corrected chi connectivity index (χ4v) is 2.91. The van der Waals surface area contributed by atoms with Crippen molar-refractivity contribution in [2.45, 2.75) is 38.4 Å². The standard InChI is InChI=1S/C11H17BrFN3/c1-2-6-16-10(9(12)7-15-16)11(13)4-3-5-14-8-11/h7,14H,2-6,8H2,1H3. The molecule has 1 unspecified atom stereocenters. The van der Waals surface area contributed by atoms with Gasteiger partial charge in [-0.1, -0.05) is 6.92 Å². The van der Waals surface area contributed by atoms with Gasteiger partial charge in [-0.05, 0) is 41.7 Å². The lowest BCUT2D eigenvalue weighted by Crippen LogP contribution is -2.41. The van der Waals surface area contributed by atoms with Crippen LogP contribution in [0, 0.1) is 0 Å². The molecule has 0 radical (unpaired) electrons. The van der Waals surface area contributed by atoms with Crippen molar-refractivity contribution in [2.24, 2.45) is 0 Å². The van der Waals surface area contributed by atoms with Gasteiger partial charge in [-0.2, -0.15) is 5.10 Å². The molecule has 0 aliphatic carbocycles. The van der Waals surface area contributed by atoms with Crippen LogP contribution >= 0.6 is 15.9 Å². The second kappa shape index (κ2) is 4.84. The smallest absolute Gasteiger partial charge is 0.165 e. The molecule has 5 heteroatoms. The maximum absolute atomic E-state index is 14.8. The molecule has 1 aromatic heterocycles. The third-order valence-corrected chi connectivity index (χ3v) is 3.57. The van der Waals surface area contributed by atoms with Gasteiger partial charge in [0.05, 0.1) is 16.4 Å². The van der Waals surface area contributed by atoms with Crippen LogP contribution < -0.4 is 5.32 Å². The van der Waals surface area contributed by atoms with Gasteiger partial charge in [0.25, 0.3) is 0 Å². The zero-order valence-electron chi connectivity index (χ0n) is 9.47. The van der Waals surface area contributed by atoms with Gasteiger partial charge in [0.15, 0.2) is 5.67 Å². The van der Waals surface area contributed by atoms with Crippen molar-refractivity contribution in [3.05, 3.63) is 16.4 Å². The van der Waals surface area contributed by atoms with E-state index < -0.39 is 5.67 Å². The van der Waals surface area contributed by atoms with Crippen molar-refractivity contribution in [3.63, 3.8) is 0 Å². The molecule has 3 nitrogen and oxygen atoms in total. The lowest BCUT2D eigenvalue weighted by atomic mass is 9.92. The van der Waals surface area contributed by atoms with Gasteiger partial charge in [0.1, 0.15) is 0 Å². The molecule has 2 heterocycles. The van der Waals surface area contributed by atoms with Crippen molar-refractivity contribution in [1.29, 1.82) is 0 Å². The van der Waals surface area contributed by atoms with Gasteiger partial charge in [-0.15, -0.1) is 0 Å². The number of rotatable bonds is 3. The van der Waals surface area contributed by atoms with E-state index in [1.54, 1.807) is 10.9 Å². The minimum Gasteiger partial charge on any atom is -0.313 e. The zero-order valence-corrected chi connectivity index (χ0v) is 11.1. The third kappa shape index (κ3) is 2.15. The Bertz CT molecular complexity index is 358. The van der Waals surface area contributed by atoms with E-state index in [-0.39, 0.29) is 0 Å². The maximum atomic E-state index is 14.8. The van der Waals surface area contributed by atoms with Crippen LogP contribution in [0.2, 0.25) is 0 Å². The van der Waals surface area contributed by atoms with E-state index in [0.29, 0.717) is 18.7 Å². The number of hydrogen-bond donors (Lipinski definition) is 1. The number of alkyl halides is 1. The second-order valence-corrected chi connectivity index (χ2v) is 5.16. The van der Waals surface area contributed by atoms with Gasteiger partial charge in [0.2, 0.25) is 0 Å². The van der Waals surface area contributed by atoms with Crippen LogP contribution in [0.15, 0.2) is 10.7 Å². The van der Waals surface area contributed by atoms with Crippen LogP contribution in [-0.2, 0) is 12.2 Å². The number of hydrogen-bond acceptors (Lipinski definition) is 2. The average Bonchev–Trinajstić information content (AvgIpc) is 2.62. The fraction of sp³-hybridized carbons (Fsp3) is 0.727. The molecule has 1 aromatic rings. The maximum Gasteiger partial charge on any atom is 0.165 e. The lowest BCUT2D eigenvalue weighted by Gasteiger charge is -2.31. The minimum atomic E-state index is -1.28. The first-order chi connectivity index (χ1) is 7.67. The first-order valence-corrected chi connectivity index (χ1v) is 6.58. The highest BCUT2D eigenvalue weighted by atomic mass is 79.9. The Morgan fingerprint density at radius 3 is 3.12 bits per heavy atom. The Balaban J connectivity index is 2.33. The molecule has 1 fully saturated rings. The molecule has 1 aliphatic heterocycles. The molecule has 1 aliphatic rings. The zero-order chi connectivity index (χ0) is 11.6. The van der Waals surface area contributed by atoms with Crippen molar-refractivity contribution in [1.82, 2.24) is 15.1 Å². The molecule has 0 spiro atoms. The van der Waals surface area contributed by atoms with E-state index in [0.717, 1.165) is 30.4 Å². The molecule has 90 valence electrons. The number of nitrogens with zero attached hydrogens (tertiary/aromatic N) is 2. The van der Waals surface area contributed by atoms with Crippen LogP contribution in [0.3, 0.4) is 0 Å². The normalized spacial score (nSPS) is 25.9. The SMILES string of the molecule is CCCn1ncc(Br)c1C1(F)CCCNC1. The van der Waals surface area contributed by atoms with Crippen LogP contribution in [0.4, 0.5) is 4.39 Å². The first-order valence-electron chi connectivity index (χ1n) is 5.79. The van der Waals surface area contributed by atoms with Gasteiger partial charge < -0.3 is 5.32 Å².